The number of nitrogens with zero attached hydrogens (tertiary/aromatic N) is 3. The normalized spacial score (nSPS) is 22.2. The van der Waals surface area contributed by atoms with Crippen LogP contribution in [0.2, 0.25) is 0 Å². The Balaban J connectivity index is 1.26. The van der Waals surface area contributed by atoms with Crippen molar-refractivity contribution < 1.29 is 23.4 Å². The monoisotopic (exact) mass is 422 g/mol. The van der Waals surface area contributed by atoms with Gasteiger partial charge in [0.1, 0.15) is 11.4 Å². The number of esters is 1. The van der Waals surface area contributed by atoms with Gasteiger partial charge in [-0.25, -0.2) is 13.9 Å². The molecule has 9 heteroatoms. The van der Waals surface area contributed by atoms with E-state index in [-0.39, 0.29) is 23.3 Å². The number of carbonyl (C=O) groups is 2. The summed E-state index contributed by atoms with van der Waals surface area (Å²) in [5.74, 6) is -1.39. The second kappa shape index (κ2) is 7.19. The maximum absolute atomic E-state index is 13.4. The van der Waals surface area contributed by atoms with E-state index in [0.717, 1.165) is 0 Å². The standard InChI is InChI=1S/C22H19FN4O4/c23-15-3-1-4-17(11-15)26-13-16(12-24-26)25-20(28)14-6-8-22(9-7-14)18-5-2-10-27(30)19(18)21(29)31-22/h1-5,10-14H,6-9H2,(H,25,28)/t14-,22-. The number of hydrogen-bond acceptors (Lipinski definition) is 5. The van der Waals surface area contributed by atoms with Crippen LogP contribution in [0.3, 0.4) is 0 Å². The van der Waals surface area contributed by atoms with Crippen LogP contribution in [0.5, 0.6) is 0 Å². The lowest BCUT2D eigenvalue weighted by molar-refractivity contribution is -0.608. The fourth-order valence-electron chi connectivity index (χ4n) is 4.45. The summed E-state index contributed by atoms with van der Waals surface area (Å²) in [5, 5.41) is 19.0. The summed E-state index contributed by atoms with van der Waals surface area (Å²) in [6, 6.07) is 9.35. The maximum atomic E-state index is 13.4. The topological polar surface area (TPSA) is 100 Å². The summed E-state index contributed by atoms with van der Waals surface area (Å²) in [6.45, 7) is 0. The Morgan fingerprint density at radius 3 is 2.87 bits per heavy atom. The summed E-state index contributed by atoms with van der Waals surface area (Å²) in [4.78, 5) is 25.0. The van der Waals surface area contributed by atoms with E-state index in [1.54, 1.807) is 30.5 Å². The highest BCUT2D eigenvalue weighted by Crippen LogP contribution is 2.47. The molecule has 0 unspecified atom stereocenters. The van der Waals surface area contributed by atoms with Gasteiger partial charge in [-0.1, -0.05) is 6.07 Å². The first-order chi connectivity index (χ1) is 14.9. The van der Waals surface area contributed by atoms with Crippen LogP contribution in [0.4, 0.5) is 10.1 Å². The van der Waals surface area contributed by atoms with Crippen molar-refractivity contribution in [1.29, 1.82) is 0 Å². The zero-order chi connectivity index (χ0) is 21.6. The Kier molecular flexibility index (Phi) is 4.46. The van der Waals surface area contributed by atoms with E-state index in [0.29, 0.717) is 47.4 Å². The van der Waals surface area contributed by atoms with Crippen LogP contribution in [0.1, 0.15) is 41.7 Å². The Hall–Kier alpha value is -3.75. The van der Waals surface area contributed by atoms with Gasteiger partial charge in [-0.3, -0.25) is 4.79 Å². The molecule has 1 fully saturated rings. The van der Waals surface area contributed by atoms with Gasteiger partial charge in [0.2, 0.25) is 5.91 Å². The minimum absolute atomic E-state index is 0.0372. The zero-order valence-corrected chi connectivity index (χ0v) is 16.5. The minimum atomic E-state index is -0.834. The molecule has 3 heterocycles. The molecule has 1 aliphatic carbocycles. The summed E-state index contributed by atoms with van der Waals surface area (Å²) < 4.78 is 21.1. The Morgan fingerprint density at radius 1 is 1.29 bits per heavy atom. The van der Waals surface area contributed by atoms with Crippen molar-refractivity contribution in [3.8, 4) is 5.69 Å². The van der Waals surface area contributed by atoms with Gasteiger partial charge in [0, 0.05) is 12.0 Å². The molecular weight excluding hydrogens is 403 g/mol. The Bertz CT molecular complexity index is 1180. The van der Waals surface area contributed by atoms with Gasteiger partial charge < -0.3 is 15.3 Å². The molecule has 1 saturated carbocycles. The second-order valence-electron chi connectivity index (χ2n) is 7.90. The number of amides is 1. The molecule has 5 rings (SSSR count). The molecule has 0 atom stereocenters. The summed E-state index contributed by atoms with van der Waals surface area (Å²) >= 11 is 0. The van der Waals surface area contributed by atoms with Gasteiger partial charge in [0.15, 0.2) is 6.20 Å². The highest BCUT2D eigenvalue weighted by atomic mass is 19.1. The van der Waals surface area contributed by atoms with Gasteiger partial charge in [-0.15, -0.1) is 0 Å². The van der Waals surface area contributed by atoms with Crippen molar-refractivity contribution in [1.82, 2.24) is 9.78 Å². The number of hydrogen-bond donors (Lipinski definition) is 1. The highest BCUT2D eigenvalue weighted by Gasteiger charge is 2.52. The highest BCUT2D eigenvalue weighted by molar-refractivity contribution is 5.93. The molecule has 8 nitrogen and oxygen atoms in total. The van der Waals surface area contributed by atoms with E-state index in [1.807, 2.05) is 0 Å². The predicted octanol–water partition coefficient (Wildman–Crippen LogP) is 2.84. The molecule has 0 saturated heterocycles. The van der Waals surface area contributed by atoms with Crippen LogP contribution in [-0.4, -0.2) is 21.7 Å². The summed E-state index contributed by atoms with van der Waals surface area (Å²) in [7, 11) is 0. The predicted molar refractivity (Wildman–Crippen MR) is 107 cm³/mol. The lowest BCUT2D eigenvalue weighted by Crippen LogP contribution is -2.36. The van der Waals surface area contributed by atoms with Crippen LogP contribution in [0.25, 0.3) is 5.69 Å². The lowest BCUT2D eigenvalue weighted by atomic mass is 9.75. The third kappa shape index (κ3) is 3.31. The number of benzene rings is 1. The van der Waals surface area contributed by atoms with Gasteiger partial charge in [0.05, 0.1) is 29.3 Å². The van der Waals surface area contributed by atoms with Crippen molar-refractivity contribution in [2.45, 2.75) is 31.3 Å². The quantitative estimate of drug-likeness (QED) is 0.397. The number of rotatable bonds is 3. The fraction of sp³-hybridized carbons (Fsp3) is 0.273. The van der Waals surface area contributed by atoms with Gasteiger partial charge in [0.25, 0.3) is 0 Å². The number of anilines is 1. The van der Waals surface area contributed by atoms with E-state index in [1.165, 1.54) is 29.2 Å². The molecule has 1 N–H and O–H groups in total. The van der Waals surface area contributed by atoms with E-state index < -0.39 is 11.6 Å². The van der Waals surface area contributed by atoms with E-state index >= 15 is 0 Å². The molecule has 0 bridgehead atoms. The number of pyridine rings is 1. The van der Waals surface area contributed by atoms with Crippen LogP contribution in [-0.2, 0) is 15.1 Å². The largest absolute Gasteiger partial charge is 0.618 e. The van der Waals surface area contributed by atoms with Crippen LogP contribution >= 0.6 is 0 Å². The molecule has 31 heavy (non-hydrogen) atoms. The number of fused-ring (bicyclic) bond motifs is 2. The van der Waals surface area contributed by atoms with E-state index in [9.17, 15) is 19.2 Å². The molecule has 0 radical (unpaired) electrons. The van der Waals surface area contributed by atoms with Gasteiger partial charge in [-0.2, -0.15) is 9.83 Å². The minimum Gasteiger partial charge on any atom is -0.618 e. The maximum Gasteiger partial charge on any atom is 0.406 e. The van der Waals surface area contributed by atoms with Crippen molar-refractivity contribution in [3.63, 3.8) is 0 Å². The number of ether oxygens (including phenoxy) is 1. The molecule has 158 valence electrons. The smallest absolute Gasteiger partial charge is 0.406 e. The van der Waals surface area contributed by atoms with Crippen LogP contribution in [0, 0.1) is 16.9 Å². The number of nitrogens with one attached hydrogen (secondary N) is 1. The number of carbonyl (C=O) groups excluding carboxylic acids is 2. The molecule has 2 aromatic heterocycles. The van der Waals surface area contributed by atoms with Crippen molar-refractivity contribution >= 4 is 17.6 Å². The summed E-state index contributed by atoms with van der Waals surface area (Å²) in [5.41, 5.74) is 0.871. The molecular formula is C22H19FN4O4. The lowest BCUT2D eigenvalue weighted by Gasteiger charge is -2.35. The first-order valence-electron chi connectivity index (χ1n) is 10.0. The van der Waals surface area contributed by atoms with Crippen molar-refractivity contribution in [2.75, 3.05) is 5.32 Å². The van der Waals surface area contributed by atoms with Crippen LogP contribution in [0.15, 0.2) is 55.0 Å². The van der Waals surface area contributed by atoms with Crippen molar-refractivity contribution in [3.05, 3.63) is 77.3 Å². The summed E-state index contributed by atoms with van der Waals surface area (Å²) in [6.07, 6.45) is 6.39. The van der Waals surface area contributed by atoms with Crippen LogP contribution < -0.4 is 10.0 Å². The first kappa shape index (κ1) is 19.2. The third-order valence-corrected chi connectivity index (χ3v) is 6.02. The first-order valence-corrected chi connectivity index (χ1v) is 10.0. The van der Waals surface area contributed by atoms with Gasteiger partial charge in [-0.05, 0) is 49.9 Å². The van der Waals surface area contributed by atoms with Gasteiger partial charge >= 0.3 is 11.7 Å². The van der Waals surface area contributed by atoms with Crippen molar-refractivity contribution in [2.24, 2.45) is 5.92 Å². The molecule has 2 aliphatic rings. The SMILES string of the molecule is O=C1O[C@]2(CC[C@H](C(=O)Nc3cnn(-c4cccc(F)c4)c3)CC2)c2ccc[n+]([O-])c21. The molecule has 1 spiro atoms. The Labute approximate surface area is 176 Å². The number of halogens is 1. The Morgan fingerprint density at radius 2 is 2.10 bits per heavy atom. The average Bonchev–Trinajstić information content (AvgIpc) is 3.32. The second-order valence-corrected chi connectivity index (χ2v) is 7.90. The molecule has 1 amide bonds. The van der Waals surface area contributed by atoms with E-state index in [2.05, 4.69) is 10.4 Å². The number of aromatic nitrogens is 3. The zero-order valence-electron chi connectivity index (χ0n) is 16.5. The van der Waals surface area contributed by atoms with E-state index in [4.69, 9.17) is 4.74 Å². The molecule has 1 aliphatic heterocycles. The third-order valence-electron chi connectivity index (χ3n) is 6.02. The average molecular weight is 422 g/mol. The molecule has 1 aromatic carbocycles. The molecule has 3 aromatic rings. The fourth-order valence-corrected chi connectivity index (χ4v) is 4.45.